The second kappa shape index (κ2) is 8.08. The van der Waals surface area contributed by atoms with E-state index in [0.717, 1.165) is 17.7 Å². The topological polar surface area (TPSA) is 66.9 Å². The molecule has 1 aromatic heterocycles. The molecule has 0 bridgehead atoms. The summed E-state index contributed by atoms with van der Waals surface area (Å²) in [6, 6.07) is 9.28. The lowest BCUT2D eigenvalue weighted by Gasteiger charge is -2.09. The van der Waals surface area contributed by atoms with Gasteiger partial charge in [-0.05, 0) is 35.7 Å². The van der Waals surface area contributed by atoms with Gasteiger partial charge in [0.2, 0.25) is 5.95 Å². The van der Waals surface area contributed by atoms with Crippen LogP contribution < -0.4 is 10.6 Å². The molecule has 1 heterocycles. The molecule has 3 rings (SSSR count). The zero-order chi connectivity index (χ0) is 20.3. The van der Waals surface area contributed by atoms with E-state index in [1.807, 2.05) is 12.1 Å². The van der Waals surface area contributed by atoms with Crippen LogP contribution in [0.5, 0.6) is 0 Å². The average molecular weight is 386 g/mol. The van der Waals surface area contributed by atoms with Crippen LogP contribution in [0.15, 0.2) is 48.8 Å². The molecule has 0 aliphatic heterocycles. The van der Waals surface area contributed by atoms with Crippen LogP contribution in [0, 0.1) is 17.5 Å². The standard InChI is InChI=1S/C20H17F3N4O/c1-11(2)12-3-5-14(6-4-12)26-19(28)13-9-24-20(25-10-13)27-16-8-7-15(21)17(22)18(16)23/h3-11H,1-2H3,(H,26,28)(H,24,25,27). The molecule has 2 N–H and O–H groups in total. The number of anilines is 3. The van der Waals surface area contributed by atoms with Gasteiger partial charge in [0.05, 0.1) is 11.3 Å². The second-order valence-electron chi connectivity index (χ2n) is 6.37. The minimum absolute atomic E-state index is 0.0669. The molecule has 3 aromatic rings. The normalized spacial score (nSPS) is 10.8. The first-order chi connectivity index (χ1) is 13.3. The molecule has 0 saturated heterocycles. The quantitative estimate of drug-likeness (QED) is 0.605. The van der Waals surface area contributed by atoms with E-state index in [2.05, 4.69) is 34.4 Å². The number of rotatable bonds is 5. The van der Waals surface area contributed by atoms with Crippen LogP contribution in [0.1, 0.15) is 35.7 Å². The molecular weight excluding hydrogens is 369 g/mol. The third-order valence-electron chi connectivity index (χ3n) is 4.03. The Bertz CT molecular complexity index is 990. The Morgan fingerprint density at radius 2 is 1.57 bits per heavy atom. The number of halogens is 3. The molecule has 0 aliphatic carbocycles. The van der Waals surface area contributed by atoms with Gasteiger partial charge >= 0.3 is 0 Å². The van der Waals surface area contributed by atoms with Gasteiger partial charge in [0.1, 0.15) is 0 Å². The Balaban J connectivity index is 1.68. The number of nitrogens with one attached hydrogen (secondary N) is 2. The van der Waals surface area contributed by atoms with E-state index in [1.54, 1.807) is 12.1 Å². The van der Waals surface area contributed by atoms with Crippen molar-refractivity contribution in [2.45, 2.75) is 19.8 Å². The van der Waals surface area contributed by atoms with E-state index in [-0.39, 0.29) is 17.2 Å². The summed E-state index contributed by atoms with van der Waals surface area (Å²) in [7, 11) is 0. The summed E-state index contributed by atoms with van der Waals surface area (Å²) >= 11 is 0. The van der Waals surface area contributed by atoms with Crippen molar-refractivity contribution >= 4 is 23.2 Å². The number of nitrogens with zero attached hydrogens (tertiary/aromatic N) is 2. The van der Waals surface area contributed by atoms with Crippen LogP contribution in [-0.4, -0.2) is 15.9 Å². The fourth-order valence-corrected chi connectivity index (χ4v) is 2.41. The molecule has 28 heavy (non-hydrogen) atoms. The zero-order valence-corrected chi connectivity index (χ0v) is 15.1. The summed E-state index contributed by atoms with van der Waals surface area (Å²) in [5, 5.41) is 5.16. The SMILES string of the molecule is CC(C)c1ccc(NC(=O)c2cnc(Nc3ccc(F)c(F)c3F)nc2)cc1. The van der Waals surface area contributed by atoms with Gasteiger partial charge in [-0.3, -0.25) is 4.79 Å². The van der Waals surface area contributed by atoms with Gasteiger partial charge in [-0.1, -0.05) is 26.0 Å². The maximum Gasteiger partial charge on any atom is 0.258 e. The number of hydrogen-bond donors (Lipinski definition) is 2. The first-order valence-electron chi connectivity index (χ1n) is 8.49. The molecule has 0 saturated carbocycles. The van der Waals surface area contributed by atoms with Crippen LogP contribution in [0.4, 0.5) is 30.5 Å². The molecule has 0 spiro atoms. The Kier molecular flexibility index (Phi) is 5.58. The van der Waals surface area contributed by atoms with Gasteiger partial charge in [0.25, 0.3) is 5.91 Å². The summed E-state index contributed by atoms with van der Waals surface area (Å²) < 4.78 is 39.9. The molecule has 0 aliphatic rings. The predicted octanol–water partition coefficient (Wildman–Crippen LogP) is 5.01. The van der Waals surface area contributed by atoms with Crippen molar-refractivity contribution in [3.8, 4) is 0 Å². The van der Waals surface area contributed by atoms with E-state index < -0.39 is 23.4 Å². The first-order valence-corrected chi connectivity index (χ1v) is 8.49. The molecule has 144 valence electrons. The maximum atomic E-state index is 13.7. The van der Waals surface area contributed by atoms with E-state index in [1.165, 1.54) is 12.4 Å². The summed E-state index contributed by atoms with van der Waals surface area (Å²) in [5.74, 6) is -4.36. The lowest BCUT2D eigenvalue weighted by Crippen LogP contribution is -2.13. The third-order valence-corrected chi connectivity index (χ3v) is 4.03. The lowest BCUT2D eigenvalue weighted by atomic mass is 10.0. The van der Waals surface area contributed by atoms with Crippen molar-refractivity contribution in [2.24, 2.45) is 0 Å². The Morgan fingerprint density at radius 3 is 2.18 bits per heavy atom. The molecule has 2 aromatic carbocycles. The molecule has 0 fully saturated rings. The van der Waals surface area contributed by atoms with Crippen LogP contribution in [0.2, 0.25) is 0 Å². The monoisotopic (exact) mass is 386 g/mol. The highest BCUT2D eigenvalue weighted by atomic mass is 19.2. The third kappa shape index (κ3) is 4.28. The Hall–Kier alpha value is -3.42. The van der Waals surface area contributed by atoms with E-state index >= 15 is 0 Å². The summed E-state index contributed by atoms with van der Waals surface area (Å²) in [6.07, 6.45) is 2.48. The predicted molar refractivity (Wildman–Crippen MR) is 100 cm³/mol. The second-order valence-corrected chi connectivity index (χ2v) is 6.37. The first kappa shape index (κ1) is 19.3. The van der Waals surface area contributed by atoms with Crippen LogP contribution in [0.3, 0.4) is 0 Å². The van der Waals surface area contributed by atoms with Crippen LogP contribution in [0.25, 0.3) is 0 Å². The number of hydrogen-bond acceptors (Lipinski definition) is 4. The minimum Gasteiger partial charge on any atom is -0.322 e. The van der Waals surface area contributed by atoms with E-state index in [0.29, 0.717) is 11.6 Å². The van der Waals surface area contributed by atoms with Crippen molar-refractivity contribution in [1.82, 2.24) is 9.97 Å². The number of carbonyl (C=O) groups is 1. The van der Waals surface area contributed by atoms with Crippen LogP contribution in [-0.2, 0) is 0 Å². The Morgan fingerprint density at radius 1 is 0.929 bits per heavy atom. The number of aromatic nitrogens is 2. The van der Waals surface area contributed by atoms with Crippen LogP contribution >= 0.6 is 0 Å². The minimum atomic E-state index is -1.59. The maximum absolute atomic E-state index is 13.7. The highest BCUT2D eigenvalue weighted by molar-refractivity contribution is 6.03. The largest absolute Gasteiger partial charge is 0.322 e. The van der Waals surface area contributed by atoms with Crippen molar-refractivity contribution in [3.05, 3.63) is 77.4 Å². The van der Waals surface area contributed by atoms with E-state index in [9.17, 15) is 18.0 Å². The molecule has 0 atom stereocenters. The lowest BCUT2D eigenvalue weighted by molar-refractivity contribution is 0.102. The summed E-state index contributed by atoms with van der Waals surface area (Å²) in [4.78, 5) is 20.1. The van der Waals surface area contributed by atoms with Gasteiger partial charge in [0.15, 0.2) is 17.5 Å². The van der Waals surface area contributed by atoms with Crippen molar-refractivity contribution in [3.63, 3.8) is 0 Å². The number of benzene rings is 2. The summed E-state index contributed by atoms with van der Waals surface area (Å²) in [6.45, 7) is 4.15. The van der Waals surface area contributed by atoms with Gasteiger partial charge in [-0.25, -0.2) is 23.1 Å². The number of amides is 1. The number of carbonyl (C=O) groups excluding carboxylic acids is 1. The van der Waals surface area contributed by atoms with Crippen molar-refractivity contribution in [2.75, 3.05) is 10.6 Å². The highest BCUT2D eigenvalue weighted by Gasteiger charge is 2.14. The van der Waals surface area contributed by atoms with Crippen molar-refractivity contribution < 1.29 is 18.0 Å². The zero-order valence-electron chi connectivity index (χ0n) is 15.1. The van der Waals surface area contributed by atoms with Gasteiger partial charge in [0, 0.05) is 18.1 Å². The fraction of sp³-hybridized carbons (Fsp3) is 0.150. The van der Waals surface area contributed by atoms with E-state index in [4.69, 9.17) is 0 Å². The molecule has 5 nitrogen and oxygen atoms in total. The van der Waals surface area contributed by atoms with Gasteiger partial charge < -0.3 is 10.6 Å². The molecule has 0 radical (unpaired) electrons. The Labute approximate surface area is 159 Å². The molecule has 8 heteroatoms. The molecule has 0 unspecified atom stereocenters. The average Bonchev–Trinajstić information content (AvgIpc) is 2.69. The smallest absolute Gasteiger partial charge is 0.258 e. The van der Waals surface area contributed by atoms with Gasteiger partial charge in [-0.15, -0.1) is 0 Å². The fourth-order valence-electron chi connectivity index (χ4n) is 2.41. The molecular formula is C20H17F3N4O. The highest BCUT2D eigenvalue weighted by Crippen LogP contribution is 2.22. The summed E-state index contributed by atoms with van der Waals surface area (Å²) in [5.41, 5.74) is 1.65. The molecule has 1 amide bonds. The van der Waals surface area contributed by atoms with Gasteiger partial charge in [-0.2, -0.15) is 0 Å². The van der Waals surface area contributed by atoms with Crippen molar-refractivity contribution in [1.29, 1.82) is 0 Å².